The molecular formula is C27H23NO5. The Labute approximate surface area is 191 Å². The van der Waals surface area contributed by atoms with Crippen LogP contribution in [0.25, 0.3) is 5.76 Å². The number of ketones is 1. The number of rotatable bonds is 4. The van der Waals surface area contributed by atoms with E-state index in [2.05, 4.69) is 0 Å². The third-order valence-corrected chi connectivity index (χ3v) is 6.08. The van der Waals surface area contributed by atoms with E-state index < -0.39 is 17.7 Å². The Bertz CT molecular complexity index is 1280. The van der Waals surface area contributed by atoms with Gasteiger partial charge < -0.3 is 14.6 Å². The van der Waals surface area contributed by atoms with Gasteiger partial charge in [0.25, 0.3) is 11.7 Å². The monoisotopic (exact) mass is 441 g/mol. The SMILES string of the molecule is COc1ccccc1C1/C(=C(\O)c2ccc3c(c2)CC(C)O3)C(=O)C(=O)N1c1ccccc1. The fourth-order valence-corrected chi connectivity index (χ4v) is 4.60. The lowest BCUT2D eigenvalue weighted by Crippen LogP contribution is -2.29. The molecule has 3 aromatic rings. The Hall–Kier alpha value is -4.06. The standard InChI is InChI=1S/C27H23NO5/c1-16-14-18-15-17(12-13-21(18)33-16)25(29)23-24(20-10-6-7-11-22(20)32-2)28(27(31)26(23)30)19-8-4-3-5-9-19/h3-13,15-16,24,29H,14H2,1-2H3/b25-23+. The van der Waals surface area contributed by atoms with Crippen molar-refractivity contribution in [2.24, 2.45) is 0 Å². The van der Waals surface area contributed by atoms with Crippen molar-refractivity contribution in [3.63, 3.8) is 0 Å². The van der Waals surface area contributed by atoms with Crippen LogP contribution in [0.5, 0.6) is 11.5 Å². The number of aliphatic hydroxyl groups is 1. The highest BCUT2D eigenvalue weighted by atomic mass is 16.5. The molecule has 1 fully saturated rings. The van der Waals surface area contributed by atoms with E-state index in [4.69, 9.17) is 9.47 Å². The number of benzene rings is 3. The zero-order chi connectivity index (χ0) is 23.1. The maximum Gasteiger partial charge on any atom is 0.300 e. The number of amides is 1. The molecule has 5 rings (SSSR count). The molecular weight excluding hydrogens is 418 g/mol. The Balaban J connectivity index is 1.72. The molecule has 2 unspecified atom stereocenters. The van der Waals surface area contributed by atoms with Crippen molar-refractivity contribution < 1.29 is 24.2 Å². The second-order valence-electron chi connectivity index (χ2n) is 8.20. The first-order valence-corrected chi connectivity index (χ1v) is 10.8. The number of aliphatic hydroxyl groups excluding tert-OH is 1. The average molecular weight is 441 g/mol. The van der Waals surface area contributed by atoms with Crippen LogP contribution in [0.3, 0.4) is 0 Å². The smallest absolute Gasteiger partial charge is 0.300 e. The van der Waals surface area contributed by atoms with Crippen LogP contribution in [-0.4, -0.2) is 30.0 Å². The number of carbonyl (C=O) groups is 2. The van der Waals surface area contributed by atoms with Gasteiger partial charge in [0.1, 0.15) is 23.4 Å². The van der Waals surface area contributed by atoms with Crippen molar-refractivity contribution in [3.8, 4) is 11.5 Å². The second kappa shape index (κ2) is 8.13. The van der Waals surface area contributed by atoms with E-state index in [0.717, 1.165) is 11.3 Å². The van der Waals surface area contributed by atoms with E-state index >= 15 is 0 Å². The summed E-state index contributed by atoms with van der Waals surface area (Å²) in [5, 5.41) is 11.4. The number of ether oxygens (including phenoxy) is 2. The summed E-state index contributed by atoms with van der Waals surface area (Å²) in [5.41, 5.74) is 2.63. The Morgan fingerprint density at radius 1 is 1.03 bits per heavy atom. The van der Waals surface area contributed by atoms with Crippen LogP contribution in [0.4, 0.5) is 5.69 Å². The molecule has 3 aromatic carbocycles. The van der Waals surface area contributed by atoms with Crippen molar-refractivity contribution in [2.45, 2.75) is 25.5 Å². The minimum atomic E-state index is -0.841. The van der Waals surface area contributed by atoms with Gasteiger partial charge in [-0.3, -0.25) is 14.5 Å². The molecule has 0 aliphatic carbocycles. The van der Waals surface area contributed by atoms with Gasteiger partial charge >= 0.3 is 0 Å². The summed E-state index contributed by atoms with van der Waals surface area (Å²) < 4.78 is 11.3. The van der Waals surface area contributed by atoms with Gasteiger partial charge in [0.2, 0.25) is 0 Å². The molecule has 1 amide bonds. The van der Waals surface area contributed by atoms with Crippen LogP contribution in [0.1, 0.15) is 29.7 Å². The first-order chi connectivity index (χ1) is 16.0. The highest BCUT2D eigenvalue weighted by Crippen LogP contribution is 2.45. The maximum atomic E-state index is 13.3. The summed E-state index contributed by atoms with van der Waals surface area (Å²) in [7, 11) is 1.54. The van der Waals surface area contributed by atoms with Crippen LogP contribution in [0.15, 0.2) is 78.4 Å². The predicted octanol–water partition coefficient (Wildman–Crippen LogP) is 4.64. The van der Waals surface area contributed by atoms with Crippen molar-refractivity contribution in [3.05, 3.63) is 95.1 Å². The number of Topliss-reactive ketones (excluding diaryl/α,β-unsaturated/α-hetero) is 1. The first kappa shape index (κ1) is 20.8. The lowest BCUT2D eigenvalue weighted by atomic mass is 9.93. The average Bonchev–Trinajstić information content (AvgIpc) is 3.34. The molecule has 33 heavy (non-hydrogen) atoms. The summed E-state index contributed by atoms with van der Waals surface area (Å²) in [5.74, 6) is -0.364. The van der Waals surface area contributed by atoms with E-state index in [9.17, 15) is 14.7 Å². The van der Waals surface area contributed by atoms with Gasteiger partial charge in [-0.2, -0.15) is 0 Å². The Kier molecular flexibility index (Phi) is 5.13. The maximum absolute atomic E-state index is 13.3. The molecule has 6 heteroatoms. The molecule has 2 heterocycles. The van der Waals surface area contributed by atoms with Gasteiger partial charge in [-0.1, -0.05) is 36.4 Å². The molecule has 0 bridgehead atoms. The number of anilines is 1. The quantitative estimate of drug-likeness (QED) is 0.363. The summed E-state index contributed by atoms with van der Waals surface area (Å²) in [6, 6.07) is 20.7. The van der Waals surface area contributed by atoms with E-state index in [1.807, 2.05) is 31.2 Å². The largest absolute Gasteiger partial charge is 0.507 e. The van der Waals surface area contributed by atoms with Crippen LogP contribution in [0.2, 0.25) is 0 Å². The Morgan fingerprint density at radius 3 is 2.52 bits per heavy atom. The number of nitrogens with zero attached hydrogens (tertiary/aromatic N) is 1. The minimum Gasteiger partial charge on any atom is -0.507 e. The first-order valence-electron chi connectivity index (χ1n) is 10.8. The molecule has 166 valence electrons. The van der Waals surface area contributed by atoms with Gasteiger partial charge in [-0.05, 0) is 48.9 Å². The van der Waals surface area contributed by atoms with Crippen LogP contribution < -0.4 is 14.4 Å². The molecule has 0 aromatic heterocycles. The van der Waals surface area contributed by atoms with Gasteiger partial charge in [0, 0.05) is 23.2 Å². The number of hydrogen-bond donors (Lipinski definition) is 1. The topological polar surface area (TPSA) is 76.1 Å². The van der Waals surface area contributed by atoms with Crippen molar-refractivity contribution in [1.82, 2.24) is 0 Å². The summed E-state index contributed by atoms with van der Waals surface area (Å²) >= 11 is 0. The van der Waals surface area contributed by atoms with Crippen LogP contribution in [-0.2, 0) is 16.0 Å². The fourth-order valence-electron chi connectivity index (χ4n) is 4.60. The molecule has 0 saturated carbocycles. The molecule has 2 aliphatic rings. The van der Waals surface area contributed by atoms with Crippen LogP contribution >= 0.6 is 0 Å². The fraction of sp³-hybridized carbons (Fsp3) is 0.185. The molecule has 6 nitrogen and oxygen atoms in total. The van der Waals surface area contributed by atoms with Crippen molar-refractivity contribution >= 4 is 23.1 Å². The second-order valence-corrected chi connectivity index (χ2v) is 8.20. The van der Waals surface area contributed by atoms with Gasteiger partial charge in [-0.15, -0.1) is 0 Å². The van der Waals surface area contributed by atoms with E-state index in [-0.39, 0.29) is 17.4 Å². The number of carbonyl (C=O) groups excluding carboxylic acids is 2. The third kappa shape index (κ3) is 3.44. The van der Waals surface area contributed by atoms with E-state index in [0.29, 0.717) is 29.0 Å². The van der Waals surface area contributed by atoms with E-state index in [1.165, 1.54) is 12.0 Å². The normalized spacial score (nSPS) is 21.1. The summed E-state index contributed by atoms with van der Waals surface area (Å²) in [6.07, 6.45) is 0.764. The molecule has 1 N–H and O–H groups in total. The molecule has 2 aliphatic heterocycles. The van der Waals surface area contributed by atoms with Crippen molar-refractivity contribution in [2.75, 3.05) is 12.0 Å². The molecule has 2 atom stereocenters. The minimum absolute atomic E-state index is 0.0280. The third-order valence-electron chi connectivity index (χ3n) is 6.08. The molecule has 0 spiro atoms. The zero-order valence-corrected chi connectivity index (χ0v) is 18.3. The number of methoxy groups -OCH3 is 1. The van der Waals surface area contributed by atoms with Crippen molar-refractivity contribution in [1.29, 1.82) is 0 Å². The molecule has 0 radical (unpaired) electrons. The van der Waals surface area contributed by atoms with E-state index in [1.54, 1.807) is 48.5 Å². The molecule has 1 saturated heterocycles. The number of hydrogen-bond acceptors (Lipinski definition) is 5. The van der Waals surface area contributed by atoms with Gasteiger partial charge in [0.15, 0.2) is 0 Å². The summed E-state index contributed by atoms with van der Waals surface area (Å²) in [6.45, 7) is 1.98. The number of para-hydroxylation sites is 2. The lowest BCUT2D eigenvalue weighted by molar-refractivity contribution is -0.132. The predicted molar refractivity (Wildman–Crippen MR) is 124 cm³/mol. The lowest BCUT2D eigenvalue weighted by Gasteiger charge is -2.26. The summed E-state index contributed by atoms with van der Waals surface area (Å²) in [4.78, 5) is 28.0. The van der Waals surface area contributed by atoms with Crippen LogP contribution in [0, 0.1) is 0 Å². The van der Waals surface area contributed by atoms with Gasteiger partial charge in [0.05, 0.1) is 18.7 Å². The highest BCUT2D eigenvalue weighted by Gasteiger charge is 2.47. The number of fused-ring (bicyclic) bond motifs is 1. The Morgan fingerprint density at radius 2 is 1.76 bits per heavy atom. The highest BCUT2D eigenvalue weighted by molar-refractivity contribution is 6.51. The zero-order valence-electron chi connectivity index (χ0n) is 18.3. The van der Waals surface area contributed by atoms with Gasteiger partial charge in [-0.25, -0.2) is 0 Å².